The van der Waals surface area contributed by atoms with Crippen molar-refractivity contribution in [2.24, 2.45) is 20.5 Å². The van der Waals surface area contributed by atoms with Crippen LogP contribution in [-0.2, 0) is 40.5 Å². The van der Waals surface area contributed by atoms with Gasteiger partial charge in [0.1, 0.15) is 38.2 Å². The highest BCUT2D eigenvalue weighted by molar-refractivity contribution is 7.86. The molecule has 0 unspecified atom stereocenters. The van der Waals surface area contributed by atoms with Gasteiger partial charge in [0.15, 0.2) is 16.6 Å². The highest BCUT2D eigenvalue weighted by Gasteiger charge is 2.25. The van der Waals surface area contributed by atoms with Crippen molar-refractivity contribution >= 4 is 118 Å². The Bertz CT molecular complexity index is 4100. The maximum atomic E-state index is 12.6. The fourth-order valence-electron chi connectivity index (χ4n) is 7.09. The molecule has 2 aromatic heterocycles. The minimum Gasteiger partial charge on any atom is -0.339 e. The van der Waals surface area contributed by atoms with Crippen LogP contribution in [0.4, 0.5) is 44.4 Å². The lowest BCUT2D eigenvalue weighted by atomic mass is 10.00. The number of benzene rings is 6. The van der Waals surface area contributed by atoms with Gasteiger partial charge in [-0.15, -0.1) is 20.5 Å². The van der Waals surface area contributed by atoms with E-state index < -0.39 is 60.1 Å². The van der Waals surface area contributed by atoms with Gasteiger partial charge in [-0.2, -0.15) is 44.2 Å². The van der Waals surface area contributed by atoms with E-state index in [1.165, 1.54) is 43.3 Å². The molecule has 0 saturated heterocycles. The van der Waals surface area contributed by atoms with Crippen LogP contribution in [0.15, 0.2) is 161 Å². The molecule has 0 saturated carbocycles. The zero-order valence-electron chi connectivity index (χ0n) is 35.3. The number of rotatable bonds is 13. The van der Waals surface area contributed by atoms with Crippen LogP contribution in [0, 0.1) is 29.6 Å². The normalized spacial score (nSPS) is 12.4. The molecule has 6 N–H and O–H groups in total. The Morgan fingerprint density at radius 2 is 1.11 bits per heavy atom. The van der Waals surface area contributed by atoms with Crippen molar-refractivity contribution in [1.29, 1.82) is 10.5 Å². The zero-order valence-corrected chi connectivity index (χ0v) is 39.4. The van der Waals surface area contributed by atoms with Crippen molar-refractivity contribution in [2.45, 2.75) is 26.5 Å². The number of nitrogens with zero attached hydrogens (tertiary/aromatic N) is 7. The zero-order chi connectivity index (χ0) is 50.3. The fraction of sp³-hybridized carbons (Fsp3) is 0.0227. The third-order valence-corrected chi connectivity index (χ3v) is 14.8. The molecule has 0 spiro atoms. The molecule has 8 rings (SSSR count). The quantitative estimate of drug-likeness (QED) is 0.0461. The average Bonchev–Trinajstić information content (AvgIpc) is 3.66. The third kappa shape index (κ3) is 10.1. The van der Waals surface area contributed by atoms with E-state index in [0.717, 1.165) is 64.6 Å². The molecular formula is C44H29N9O12S5. The molecular weight excluding hydrogens is 1010 g/mol. The summed E-state index contributed by atoms with van der Waals surface area (Å²) in [6.07, 6.45) is 0. The van der Waals surface area contributed by atoms with E-state index in [9.17, 15) is 62.4 Å². The maximum Gasteiger partial charge on any atom is 0.295 e. The number of fused-ring (bicyclic) bond motifs is 2. The average molecular weight is 1040 g/mol. The first-order chi connectivity index (χ1) is 33.0. The molecule has 0 bridgehead atoms. The van der Waals surface area contributed by atoms with Crippen LogP contribution in [0.5, 0.6) is 0 Å². The summed E-state index contributed by atoms with van der Waals surface area (Å²) in [6, 6.07) is 31.9. The Morgan fingerprint density at radius 1 is 0.543 bits per heavy atom. The second-order valence-electron chi connectivity index (χ2n) is 14.8. The molecule has 6 aromatic carbocycles. The van der Waals surface area contributed by atoms with Crippen molar-refractivity contribution in [3.05, 3.63) is 138 Å². The molecule has 0 radical (unpaired) electrons. The minimum absolute atomic E-state index is 0.0155. The number of pyridine rings is 1. The standard InChI is InChI=1S/C44H29N9O12S5/c1-24-35(22-45)41(47-28-11-15-31(16-12-28)67(54,55)56)49-42(48-29-13-17-32(18-14-29)68(57,58)59)40(24)51-52-43-36(23-46)39(27-10-9-25-5-2-3-6-26(25)19-27)44(66-43)53-50-30-20-34-33(38(21-30)70(63,64)65)7-4-8-37(34)69(60,61)62/h2-21H,1H3,(H2,47,48,49)(H,54,55,56)(H,57,58,59)(H,60,61,62)(H,63,64,65)/b52-51?,53-50+. The van der Waals surface area contributed by atoms with E-state index in [1.807, 2.05) is 18.2 Å². The number of nitriles is 2. The first-order valence-electron chi connectivity index (χ1n) is 19.6. The van der Waals surface area contributed by atoms with Crippen molar-refractivity contribution in [2.75, 3.05) is 10.6 Å². The Balaban J connectivity index is 1.30. The number of aromatic nitrogens is 1. The topological polar surface area (TPSA) is 351 Å². The molecule has 0 amide bonds. The Hall–Kier alpha value is -7.89. The van der Waals surface area contributed by atoms with Gasteiger partial charge in [-0.25, -0.2) is 4.98 Å². The molecule has 352 valence electrons. The van der Waals surface area contributed by atoms with Crippen LogP contribution < -0.4 is 10.6 Å². The number of nitrogens with one attached hydrogen (secondary N) is 2. The van der Waals surface area contributed by atoms with E-state index in [2.05, 4.69) is 48.2 Å². The van der Waals surface area contributed by atoms with E-state index in [1.54, 1.807) is 24.3 Å². The van der Waals surface area contributed by atoms with Gasteiger partial charge < -0.3 is 10.6 Å². The van der Waals surface area contributed by atoms with Crippen LogP contribution in [0.2, 0.25) is 0 Å². The van der Waals surface area contributed by atoms with Gasteiger partial charge >= 0.3 is 0 Å². The fourth-order valence-corrected chi connectivity index (χ4v) is 10.4. The number of hydrogen-bond acceptors (Lipinski definition) is 18. The summed E-state index contributed by atoms with van der Waals surface area (Å²) in [6.45, 7) is 1.51. The SMILES string of the molecule is Cc1c(C#N)c(Nc2ccc(S(=O)(=O)O)cc2)nc(Nc2ccc(S(=O)(=O)O)cc2)c1N=Nc1sc(/N=N/c2cc(S(=O)(=O)O)c3cccc(S(=O)(=O)O)c3c2)c(-c2ccc3ccccc3c2)c1C#N. The summed E-state index contributed by atoms with van der Waals surface area (Å²) < 4.78 is 136. The summed E-state index contributed by atoms with van der Waals surface area (Å²) in [7, 11) is -19.0. The van der Waals surface area contributed by atoms with Crippen molar-refractivity contribution in [1.82, 2.24) is 4.98 Å². The number of azo groups is 2. The summed E-state index contributed by atoms with van der Waals surface area (Å²) in [5.41, 5.74) is 0.757. The smallest absolute Gasteiger partial charge is 0.295 e. The number of hydrogen-bond donors (Lipinski definition) is 6. The summed E-state index contributed by atoms with van der Waals surface area (Å²) in [4.78, 5) is 2.34. The van der Waals surface area contributed by atoms with Gasteiger partial charge in [-0.1, -0.05) is 59.9 Å². The lowest BCUT2D eigenvalue weighted by Crippen LogP contribution is -2.05. The maximum absolute atomic E-state index is 12.6. The van der Waals surface area contributed by atoms with Gasteiger partial charge in [-0.3, -0.25) is 18.2 Å². The van der Waals surface area contributed by atoms with Crippen molar-refractivity contribution in [3.8, 4) is 23.3 Å². The number of anilines is 4. The molecule has 0 fully saturated rings. The number of thiophene rings is 1. The van der Waals surface area contributed by atoms with Gasteiger partial charge in [0, 0.05) is 33.3 Å². The van der Waals surface area contributed by atoms with Gasteiger partial charge in [0.05, 0.1) is 21.0 Å². The lowest BCUT2D eigenvalue weighted by molar-refractivity contribution is 0.481. The van der Waals surface area contributed by atoms with Crippen LogP contribution in [0.3, 0.4) is 0 Å². The largest absolute Gasteiger partial charge is 0.339 e. The van der Waals surface area contributed by atoms with Gasteiger partial charge in [0.25, 0.3) is 40.5 Å². The molecule has 0 aliphatic carbocycles. The first-order valence-corrected chi connectivity index (χ1v) is 26.2. The molecule has 0 atom stereocenters. The predicted molar refractivity (Wildman–Crippen MR) is 257 cm³/mol. The molecule has 21 nitrogen and oxygen atoms in total. The second kappa shape index (κ2) is 18.5. The van der Waals surface area contributed by atoms with E-state index in [-0.39, 0.29) is 77.4 Å². The summed E-state index contributed by atoms with van der Waals surface area (Å²) in [5.74, 6) is -0.155. The summed E-state index contributed by atoms with van der Waals surface area (Å²) >= 11 is 0.801. The Morgan fingerprint density at radius 3 is 1.69 bits per heavy atom. The second-order valence-corrected chi connectivity index (χ2v) is 21.4. The van der Waals surface area contributed by atoms with Crippen LogP contribution in [0.25, 0.3) is 32.7 Å². The first kappa shape index (κ1) is 48.6. The van der Waals surface area contributed by atoms with E-state index in [0.29, 0.717) is 5.56 Å². The molecule has 26 heteroatoms. The lowest BCUT2D eigenvalue weighted by Gasteiger charge is -2.16. The van der Waals surface area contributed by atoms with E-state index in [4.69, 9.17) is 0 Å². The molecule has 0 aliphatic heterocycles. The van der Waals surface area contributed by atoms with Gasteiger partial charge in [-0.05, 0) is 96.1 Å². The predicted octanol–water partition coefficient (Wildman–Crippen LogP) is 10.5. The van der Waals surface area contributed by atoms with Crippen LogP contribution in [-0.4, -0.2) is 56.9 Å². The van der Waals surface area contributed by atoms with Gasteiger partial charge in [0.2, 0.25) is 0 Å². The molecule has 0 aliphatic rings. The highest BCUT2D eigenvalue weighted by atomic mass is 32.2. The van der Waals surface area contributed by atoms with Crippen LogP contribution in [0.1, 0.15) is 16.7 Å². The Labute approximate surface area is 401 Å². The summed E-state index contributed by atoms with van der Waals surface area (Å²) in [5, 5.41) is 45.6. The third-order valence-electron chi connectivity index (χ3n) is 10.3. The van der Waals surface area contributed by atoms with E-state index >= 15 is 0 Å². The van der Waals surface area contributed by atoms with Crippen molar-refractivity contribution in [3.63, 3.8) is 0 Å². The Kier molecular flexibility index (Phi) is 12.9. The molecule has 8 aromatic rings. The highest BCUT2D eigenvalue weighted by Crippen LogP contribution is 2.49. The monoisotopic (exact) mass is 1040 g/mol. The molecule has 2 heterocycles. The van der Waals surface area contributed by atoms with Crippen molar-refractivity contribution < 1.29 is 51.9 Å². The van der Waals surface area contributed by atoms with Crippen LogP contribution >= 0.6 is 11.3 Å². The molecule has 70 heavy (non-hydrogen) atoms. The minimum atomic E-state index is -5.02.